The molecule has 3 N–H and O–H groups in total. The van der Waals surface area contributed by atoms with Crippen LogP contribution >= 0.6 is 0 Å². The van der Waals surface area contributed by atoms with E-state index in [0.717, 1.165) is 11.4 Å². The molecule has 2 aromatic heterocycles. The number of aliphatic hydroxyl groups is 1. The van der Waals surface area contributed by atoms with Crippen molar-refractivity contribution in [2.45, 2.75) is 12.5 Å². The molecule has 0 aliphatic rings. The van der Waals surface area contributed by atoms with Crippen LogP contribution in [0, 0.1) is 0 Å². The monoisotopic (exact) mass is 340 g/mol. The summed E-state index contributed by atoms with van der Waals surface area (Å²) in [5.41, 5.74) is 0.827. The zero-order valence-electron chi connectivity index (χ0n) is 14.1. The zero-order valence-corrected chi connectivity index (χ0v) is 14.1. The molecule has 25 heavy (non-hydrogen) atoms. The average Bonchev–Trinajstić information content (AvgIpc) is 3.25. The number of amides is 1. The van der Waals surface area contributed by atoms with E-state index in [2.05, 4.69) is 15.7 Å². The highest BCUT2D eigenvalue weighted by Crippen LogP contribution is 2.20. The van der Waals surface area contributed by atoms with Crippen molar-refractivity contribution in [1.82, 2.24) is 15.1 Å². The predicted molar refractivity (Wildman–Crippen MR) is 93.5 cm³/mol. The molecule has 7 heteroatoms. The van der Waals surface area contributed by atoms with Crippen LogP contribution in [0.3, 0.4) is 0 Å². The molecular weight excluding hydrogens is 320 g/mol. The maximum absolute atomic E-state index is 12.4. The summed E-state index contributed by atoms with van der Waals surface area (Å²) in [5, 5.41) is 20.4. The average molecular weight is 340 g/mol. The zero-order chi connectivity index (χ0) is 17.9. The second-order valence-electron chi connectivity index (χ2n) is 6.04. The predicted octanol–water partition coefficient (Wildman–Crippen LogP) is 2.39. The van der Waals surface area contributed by atoms with Crippen LogP contribution in [0.15, 0.2) is 59.5 Å². The van der Waals surface area contributed by atoms with E-state index in [1.165, 1.54) is 6.26 Å². The molecule has 1 unspecified atom stereocenters. The summed E-state index contributed by atoms with van der Waals surface area (Å²) in [6.07, 6.45) is 5.03. The van der Waals surface area contributed by atoms with Crippen LogP contribution in [0.25, 0.3) is 0 Å². The third-order valence-corrected chi connectivity index (χ3v) is 3.76. The van der Waals surface area contributed by atoms with Gasteiger partial charge in [0.05, 0.1) is 24.7 Å². The summed E-state index contributed by atoms with van der Waals surface area (Å²) >= 11 is 0. The highest BCUT2D eigenvalue weighted by Gasteiger charge is 2.26. The first-order valence-corrected chi connectivity index (χ1v) is 7.84. The van der Waals surface area contributed by atoms with Gasteiger partial charge in [0.1, 0.15) is 11.4 Å². The van der Waals surface area contributed by atoms with E-state index in [0.29, 0.717) is 11.3 Å². The van der Waals surface area contributed by atoms with Crippen LogP contribution < -0.4 is 10.6 Å². The summed E-state index contributed by atoms with van der Waals surface area (Å²) < 4.78 is 6.89. The summed E-state index contributed by atoms with van der Waals surface area (Å²) in [7, 11) is 1.83. The Kier molecular flexibility index (Phi) is 4.58. The Morgan fingerprint density at radius 1 is 1.32 bits per heavy atom. The van der Waals surface area contributed by atoms with Crippen LogP contribution in [-0.2, 0) is 12.6 Å². The van der Waals surface area contributed by atoms with E-state index >= 15 is 0 Å². The number of nitrogens with one attached hydrogen (secondary N) is 2. The second-order valence-corrected chi connectivity index (χ2v) is 6.04. The van der Waals surface area contributed by atoms with E-state index in [4.69, 9.17) is 4.42 Å². The summed E-state index contributed by atoms with van der Waals surface area (Å²) in [6, 6.07) is 10.5. The van der Waals surface area contributed by atoms with Crippen molar-refractivity contribution in [1.29, 1.82) is 0 Å². The van der Waals surface area contributed by atoms with Gasteiger partial charge in [-0.1, -0.05) is 6.07 Å². The Bertz CT molecular complexity index is 853. The topological polar surface area (TPSA) is 92.3 Å². The second kappa shape index (κ2) is 6.82. The van der Waals surface area contributed by atoms with Crippen LogP contribution in [0.2, 0.25) is 0 Å². The lowest BCUT2D eigenvalue weighted by atomic mass is 10.0. The van der Waals surface area contributed by atoms with Crippen molar-refractivity contribution in [2.24, 2.45) is 7.05 Å². The van der Waals surface area contributed by atoms with Gasteiger partial charge in [0, 0.05) is 24.5 Å². The molecule has 0 fully saturated rings. The quantitative estimate of drug-likeness (QED) is 0.641. The first kappa shape index (κ1) is 16.8. The molecule has 1 amide bonds. The maximum Gasteiger partial charge on any atom is 0.251 e. The van der Waals surface area contributed by atoms with Crippen molar-refractivity contribution >= 4 is 17.3 Å². The van der Waals surface area contributed by atoms with Crippen molar-refractivity contribution in [3.05, 3.63) is 66.4 Å². The van der Waals surface area contributed by atoms with Gasteiger partial charge in [0.25, 0.3) is 5.91 Å². The number of aryl methyl sites for hydroxylation is 1. The van der Waals surface area contributed by atoms with E-state index in [9.17, 15) is 9.90 Å². The van der Waals surface area contributed by atoms with Gasteiger partial charge in [0.15, 0.2) is 0 Å². The fraction of sp³-hybridized carbons (Fsp3) is 0.222. The largest absolute Gasteiger partial charge is 0.466 e. The molecule has 0 saturated carbocycles. The molecule has 3 rings (SSSR count). The maximum atomic E-state index is 12.4. The lowest BCUT2D eigenvalue weighted by Crippen LogP contribution is -2.38. The minimum Gasteiger partial charge on any atom is -0.466 e. The number of furan rings is 1. The van der Waals surface area contributed by atoms with E-state index in [1.807, 2.05) is 19.3 Å². The van der Waals surface area contributed by atoms with Gasteiger partial charge in [-0.25, -0.2) is 0 Å². The van der Waals surface area contributed by atoms with Crippen molar-refractivity contribution in [3.8, 4) is 0 Å². The Balaban J connectivity index is 1.65. The highest BCUT2D eigenvalue weighted by atomic mass is 16.4. The van der Waals surface area contributed by atoms with Gasteiger partial charge < -0.3 is 20.2 Å². The molecule has 0 bridgehead atoms. The standard InChI is InChI=1S/C18H20N4O3/c1-18(24,16-7-4-8-25-16)12-19-17(23)13-5-3-6-14(9-13)21-15-10-20-22(2)11-15/h3-11,21,24H,12H2,1-2H3,(H,19,23). The minimum absolute atomic E-state index is 0.0413. The van der Waals surface area contributed by atoms with Crippen LogP contribution in [0.5, 0.6) is 0 Å². The fourth-order valence-electron chi connectivity index (χ4n) is 2.42. The summed E-state index contributed by atoms with van der Waals surface area (Å²) in [4.78, 5) is 12.4. The van der Waals surface area contributed by atoms with E-state index in [-0.39, 0.29) is 12.5 Å². The first-order valence-electron chi connectivity index (χ1n) is 7.84. The Morgan fingerprint density at radius 2 is 2.16 bits per heavy atom. The van der Waals surface area contributed by atoms with Gasteiger partial charge in [-0.3, -0.25) is 9.48 Å². The molecule has 0 radical (unpaired) electrons. The van der Waals surface area contributed by atoms with Gasteiger partial charge in [0.2, 0.25) is 0 Å². The Morgan fingerprint density at radius 3 is 2.84 bits per heavy atom. The number of hydrogen-bond donors (Lipinski definition) is 3. The molecule has 1 atom stereocenters. The molecule has 130 valence electrons. The number of carbonyl (C=O) groups excluding carboxylic acids is 1. The number of anilines is 2. The van der Waals surface area contributed by atoms with Gasteiger partial charge in [-0.05, 0) is 37.3 Å². The highest BCUT2D eigenvalue weighted by molar-refractivity contribution is 5.95. The molecule has 1 aromatic carbocycles. The van der Waals surface area contributed by atoms with E-state index < -0.39 is 5.60 Å². The van der Waals surface area contributed by atoms with Gasteiger partial charge >= 0.3 is 0 Å². The summed E-state index contributed by atoms with van der Waals surface area (Å²) in [5.74, 6) is 0.126. The lowest BCUT2D eigenvalue weighted by Gasteiger charge is -2.21. The lowest BCUT2D eigenvalue weighted by molar-refractivity contribution is 0.0330. The van der Waals surface area contributed by atoms with Crippen LogP contribution in [0.4, 0.5) is 11.4 Å². The van der Waals surface area contributed by atoms with Crippen LogP contribution in [-0.4, -0.2) is 27.3 Å². The molecule has 7 nitrogen and oxygen atoms in total. The fourth-order valence-corrected chi connectivity index (χ4v) is 2.42. The Labute approximate surface area is 145 Å². The van der Waals surface area contributed by atoms with Crippen LogP contribution in [0.1, 0.15) is 23.0 Å². The molecular formula is C18H20N4O3. The number of benzene rings is 1. The first-order chi connectivity index (χ1) is 11.9. The molecule has 0 saturated heterocycles. The number of hydrogen-bond acceptors (Lipinski definition) is 5. The third kappa shape index (κ3) is 4.07. The molecule has 2 heterocycles. The van der Waals surface area contributed by atoms with Gasteiger partial charge in [-0.2, -0.15) is 5.10 Å². The molecule has 3 aromatic rings. The van der Waals surface area contributed by atoms with Crippen molar-refractivity contribution < 1.29 is 14.3 Å². The van der Waals surface area contributed by atoms with Gasteiger partial charge in [-0.15, -0.1) is 0 Å². The number of carbonyl (C=O) groups is 1. The normalized spacial score (nSPS) is 13.2. The molecule has 0 aliphatic heterocycles. The molecule has 0 spiro atoms. The third-order valence-electron chi connectivity index (χ3n) is 3.76. The smallest absolute Gasteiger partial charge is 0.251 e. The summed E-state index contributed by atoms with van der Waals surface area (Å²) in [6.45, 7) is 1.63. The van der Waals surface area contributed by atoms with E-state index in [1.54, 1.807) is 48.1 Å². The molecule has 0 aliphatic carbocycles. The SMILES string of the molecule is Cn1cc(Nc2cccc(C(=O)NCC(C)(O)c3ccco3)c2)cn1. The number of nitrogens with zero attached hydrogens (tertiary/aromatic N) is 2. The van der Waals surface area contributed by atoms with Crippen molar-refractivity contribution in [3.63, 3.8) is 0 Å². The minimum atomic E-state index is -1.27. The van der Waals surface area contributed by atoms with Crippen molar-refractivity contribution in [2.75, 3.05) is 11.9 Å². The number of aromatic nitrogens is 2. The number of rotatable bonds is 6. The Hall–Kier alpha value is -3.06.